The second-order valence-electron chi connectivity index (χ2n) is 5.88. The normalized spacial score (nSPS) is 22.9. The molecule has 5 heteroatoms. The predicted molar refractivity (Wildman–Crippen MR) is 79.0 cm³/mol. The van der Waals surface area contributed by atoms with Crippen molar-refractivity contribution in [2.24, 2.45) is 5.73 Å². The first-order valence-corrected chi connectivity index (χ1v) is 7.38. The van der Waals surface area contributed by atoms with Gasteiger partial charge in [-0.15, -0.1) is 0 Å². The van der Waals surface area contributed by atoms with Crippen LogP contribution < -0.4 is 11.1 Å². The van der Waals surface area contributed by atoms with Crippen molar-refractivity contribution in [3.63, 3.8) is 0 Å². The summed E-state index contributed by atoms with van der Waals surface area (Å²) in [4.78, 5) is 16.5. The van der Waals surface area contributed by atoms with Gasteiger partial charge in [-0.25, -0.2) is 0 Å². The van der Waals surface area contributed by atoms with Crippen LogP contribution in [0.5, 0.6) is 0 Å². The molecule has 1 amide bonds. The van der Waals surface area contributed by atoms with Crippen LogP contribution in [0.2, 0.25) is 0 Å². The number of nitrogens with two attached hydrogens (primary N) is 1. The molecule has 3 N–H and O–H groups in total. The van der Waals surface area contributed by atoms with E-state index in [9.17, 15) is 4.79 Å². The van der Waals surface area contributed by atoms with Crippen LogP contribution in [-0.2, 0) is 4.79 Å². The largest absolute Gasteiger partial charge is 0.368 e. The van der Waals surface area contributed by atoms with Crippen molar-refractivity contribution in [1.29, 1.82) is 0 Å². The third-order valence-corrected chi connectivity index (χ3v) is 4.37. The Labute approximate surface area is 117 Å². The number of hydrogen-bond donors (Lipinski definition) is 2. The summed E-state index contributed by atoms with van der Waals surface area (Å²) in [6.45, 7) is 11.9. The summed E-state index contributed by atoms with van der Waals surface area (Å²) in [6.07, 6.45) is 1.97. The molecule has 0 bridgehead atoms. The van der Waals surface area contributed by atoms with E-state index in [2.05, 4.69) is 29.0 Å². The van der Waals surface area contributed by atoms with Gasteiger partial charge in [-0.2, -0.15) is 0 Å². The van der Waals surface area contributed by atoms with Crippen molar-refractivity contribution in [3.8, 4) is 0 Å². The molecule has 0 aromatic carbocycles. The van der Waals surface area contributed by atoms with Crippen LogP contribution in [0.25, 0.3) is 0 Å². The zero-order valence-corrected chi connectivity index (χ0v) is 12.9. The van der Waals surface area contributed by atoms with Gasteiger partial charge in [-0.3, -0.25) is 9.69 Å². The second-order valence-corrected chi connectivity index (χ2v) is 5.88. The Morgan fingerprint density at radius 1 is 1.37 bits per heavy atom. The number of rotatable bonds is 7. The lowest BCUT2D eigenvalue weighted by Gasteiger charge is -2.40. The Kier molecular flexibility index (Phi) is 6.23. The van der Waals surface area contributed by atoms with Crippen LogP contribution in [0.3, 0.4) is 0 Å². The van der Waals surface area contributed by atoms with Crippen LogP contribution in [0.15, 0.2) is 0 Å². The van der Waals surface area contributed by atoms with Gasteiger partial charge in [0.15, 0.2) is 0 Å². The molecule has 19 heavy (non-hydrogen) atoms. The van der Waals surface area contributed by atoms with Gasteiger partial charge in [0.2, 0.25) is 5.91 Å². The fraction of sp³-hybridized carbons (Fsp3) is 0.929. The Hall–Kier alpha value is -0.650. The maximum Gasteiger partial charge on any atom is 0.237 e. The van der Waals surface area contributed by atoms with Crippen molar-refractivity contribution in [3.05, 3.63) is 0 Å². The summed E-state index contributed by atoms with van der Waals surface area (Å²) in [7, 11) is 1.80. The molecule has 0 radical (unpaired) electrons. The number of nitrogens with zero attached hydrogens (tertiary/aromatic N) is 2. The molecule has 0 spiro atoms. The molecular weight excluding hydrogens is 240 g/mol. The SMILES string of the molecule is CCCN1CCN(C(C)CC(C)(NC)C(N)=O)CC1. The standard InChI is InChI=1S/C14H30N4O/c1-5-6-17-7-9-18(10-8-17)12(2)11-14(3,16-4)13(15)19/h12,16H,5-11H2,1-4H3,(H2,15,19). The highest BCUT2D eigenvalue weighted by atomic mass is 16.1. The average molecular weight is 270 g/mol. The fourth-order valence-electron chi connectivity index (χ4n) is 2.79. The van der Waals surface area contributed by atoms with E-state index in [1.807, 2.05) is 6.92 Å². The molecule has 1 saturated heterocycles. The Balaban J connectivity index is 2.47. The van der Waals surface area contributed by atoms with Gasteiger partial charge in [0.25, 0.3) is 0 Å². The van der Waals surface area contributed by atoms with E-state index >= 15 is 0 Å². The minimum absolute atomic E-state index is 0.272. The highest BCUT2D eigenvalue weighted by Crippen LogP contribution is 2.17. The molecule has 0 saturated carbocycles. The van der Waals surface area contributed by atoms with Gasteiger partial charge in [0, 0.05) is 32.2 Å². The molecule has 0 aliphatic carbocycles. The van der Waals surface area contributed by atoms with E-state index < -0.39 is 5.54 Å². The number of hydrogen-bond acceptors (Lipinski definition) is 4. The minimum Gasteiger partial charge on any atom is -0.368 e. The molecule has 2 unspecified atom stereocenters. The van der Waals surface area contributed by atoms with E-state index in [4.69, 9.17) is 5.73 Å². The zero-order chi connectivity index (χ0) is 14.5. The number of primary amides is 1. The third kappa shape index (κ3) is 4.44. The highest BCUT2D eigenvalue weighted by molar-refractivity contribution is 5.84. The molecule has 1 aliphatic heterocycles. The minimum atomic E-state index is -0.611. The van der Waals surface area contributed by atoms with Gasteiger partial charge in [-0.05, 0) is 40.3 Å². The smallest absolute Gasteiger partial charge is 0.237 e. The number of carbonyl (C=O) groups excluding carboxylic acids is 1. The van der Waals surface area contributed by atoms with Crippen molar-refractivity contribution in [1.82, 2.24) is 15.1 Å². The van der Waals surface area contributed by atoms with E-state index in [1.165, 1.54) is 13.0 Å². The van der Waals surface area contributed by atoms with Gasteiger partial charge in [-0.1, -0.05) is 6.92 Å². The summed E-state index contributed by atoms with van der Waals surface area (Å²) in [6, 6.07) is 0.369. The molecule has 1 aliphatic rings. The quantitative estimate of drug-likeness (QED) is 0.696. The summed E-state index contributed by atoms with van der Waals surface area (Å²) < 4.78 is 0. The van der Waals surface area contributed by atoms with Gasteiger partial charge >= 0.3 is 0 Å². The summed E-state index contributed by atoms with van der Waals surface area (Å²) in [5, 5.41) is 3.07. The van der Waals surface area contributed by atoms with Gasteiger partial charge in [0.05, 0.1) is 5.54 Å². The molecular formula is C14H30N4O. The first kappa shape index (κ1) is 16.4. The number of amides is 1. The number of carbonyl (C=O) groups is 1. The van der Waals surface area contributed by atoms with Crippen molar-refractivity contribution in [2.75, 3.05) is 39.8 Å². The van der Waals surface area contributed by atoms with Gasteiger partial charge < -0.3 is 16.0 Å². The average Bonchev–Trinajstić information content (AvgIpc) is 2.39. The fourth-order valence-corrected chi connectivity index (χ4v) is 2.79. The van der Waals surface area contributed by atoms with Crippen LogP contribution in [0.4, 0.5) is 0 Å². The highest BCUT2D eigenvalue weighted by Gasteiger charge is 2.33. The second kappa shape index (κ2) is 7.22. The monoisotopic (exact) mass is 270 g/mol. The summed E-state index contributed by atoms with van der Waals surface area (Å²) in [5.74, 6) is -0.272. The van der Waals surface area contributed by atoms with Crippen LogP contribution in [0.1, 0.15) is 33.6 Å². The van der Waals surface area contributed by atoms with Crippen molar-refractivity contribution < 1.29 is 4.79 Å². The first-order valence-electron chi connectivity index (χ1n) is 7.38. The summed E-state index contributed by atoms with van der Waals surface area (Å²) >= 11 is 0. The molecule has 0 aromatic rings. The topological polar surface area (TPSA) is 61.6 Å². The number of nitrogens with one attached hydrogen (secondary N) is 1. The molecule has 112 valence electrons. The Bertz CT molecular complexity index is 289. The van der Waals surface area contributed by atoms with E-state index in [0.717, 1.165) is 32.6 Å². The molecule has 1 heterocycles. The lowest BCUT2D eigenvalue weighted by atomic mass is 9.92. The van der Waals surface area contributed by atoms with Crippen molar-refractivity contribution >= 4 is 5.91 Å². The first-order chi connectivity index (χ1) is 8.92. The predicted octanol–water partition coefficient (Wildman–Crippen LogP) is 0.256. The van der Waals surface area contributed by atoms with Crippen LogP contribution >= 0.6 is 0 Å². The lowest BCUT2D eigenvalue weighted by Crippen LogP contribution is -2.57. The molecule has 1 fully saturated rings. The molecule has 5 nitrogen and oxygen atoms in total. The molecule has 2 atom stereocenters. The Morgan fingerprint density at radius 3 is 2.37 bits per heavy atom. The van der Waals surface area contributed by atoms with Crippen molar-refractivity contribution in [2.45, 2.75) is 45.2 Å². The number of likely N-dealkylation sites (N-methyl/N-ethyl adjacent to an activating group) is 1. The third-order valence-electron chi connectivity index (χ3n) is 4.37. The van der Waals surface area contributed by atoms with Gasteiger partial charge in [0.1, 0.15) is 0 Å². The van der Waals surface area contributed by atoms with E-state index in [1.54, 1.807) is 7.05 Å². The van der Waals surface area contributed by atoms with Crippen LogP contribution in [0, 0.1) is 0 Å². The van der Waals surface area contributed by atoms with E-state index in [-0.39, 0.29) is 5.91 Å². The zero-order valence-electron chi connectivity index (χ0n) is 12.9. The summed E-state index contributed by atoms with van der Waals surface area (Å²) in [5.41, 5.74) is 4.88. The molecule has 1 rings (SSSR count). The van der Waals surface area contributed by atoms with E-state index in [0.29, 0.717) is 6.04 Å². The Morgan fingerprint density at radius 2 is 1.95 bits per heavy atom. The maximum atomic E-state index is 11.5. The molecule has 0 aromatic heterocycles. The number of piperazine rings is 1. The van der Waals surface area contributed by atoms with Crippen LogP contribution in [-0.4, -0.2) is 67.1 Å². The maximum absolute atomic E-state index is 11.5. The lowest BCUT2D eigenvalue weighted by molar-refractivity contribution is -0.124.